The molecule has 6 heterocycles. The molecule has 6 aromatic heterocycles. The molecule has 8 aromatic rings. The van der Waals surface area contributed by atoms with E-state index < -0.39 is 74.5 Å². The molecule has 0 radical (unpaired) electrons. The first-order chi connectivity index (χ1) is 32.3. The molecule has 0 fully saturated rings. The van der Waals surface area contributed by atoms with Crippen LogP contribution in [0.2, 0.25) is 0 Å². The summed E-state index contributed by atoms with van der Waals surface area (Å²) in [6, 6.07) is 6.57. The van der Waals surface area contributed by atoms with Crippen LogP contribution in [0.15, 0.2) is 55.8 Å². The Morgan fingerprint density at radius 1 is 0.514 bits per heavy atom. The minimum absolute atomic E-state index is 0.0330. The second-order valence-corrected chi connectivity index (χ2v) is 19.2. The van der Waals surface area contributed by atoms with Crippen molar-refractivity contribution in [3.63, 3.8) is 0 Å². The van der Waals surface area contributed by atoms with Gasteiger partial charge in [-0.15, -0.1) is 11.8 Å². The molecule has 14 nitrogen and oxygen atoms in total. The van der Waals surface area contributed by atoms with E-state index in [1.165, 1.54) is 64.3 Å². The third-order valence-electron chi connectivity index (χ3n) is 11.4. The Morgan fingerprint density at radius 3 is 1.29 bits per heavy atom. The summed E-state index contributed by atoms with van der Waals surface area (Å²) < 4.78 is 193. The number of imidazole rings is 4. The van der Waals surface area contributed by atoms with Crippen molar-refractivity contribution in [3.05, 3.63) is 80.1 Å². The lowest BCUT2D eigenvalue weighted by Gasteiger charge is -2.14. The molecule has 0 saturated carbocycles. The van der Waals surface area contributed by atoms with E-state index >= 15 is 0 Å². The van der Waals surface area contributed by atoms with Gasteiger partial charge in [0.25, 0.3) is 11.1 Å². The lowest BCUT2D eigenvalue weighted by atomic mass is 10.2. The molecule has 8 rings (SSSR count). The topological polar surface area (TPSA) is 149 Å². The molecule has 28 heteroatoms. The van der Waals surface area contributed by atoms with E-state index in [1.54, 1.807) is 6.07 Å². The molecule has 0 N–H and O–H groups in total. The van der Waals surface area contributed by atoms with Gasteiger partial charge in [-0.05, 0) is 56.0 Å². The van der Waals surface area contributed by atoms with Crippen molar-refractivity contribution in [1.29, 1.82) is 0 Å². The van der Waals surface area contributed by atoms with Gasteiger partial charge in [0.15, 0.2) is 9.84 Å². The van der Waals surface area contributed by atoms with Crippen LogP contribution in [-0.2, 0) is 75.8 Å². The van der Waals surface area contributed by atoms with Crippen molar-refractivity contribution in [2.75, 3.05) is 11.5 Å². The third kappa shape index (κ3) is 8.69. The number of thioether (sulfide) groups is 1. The minimum Gasteiger partial charge on any atom is -0.323 e. The SMILES string of the molecule is CCSc1cc2c(cc1-c1nc3cc(C(F)(F)F)n(CC)c(=O)c3n1C)nc(C(F)(F)F)n2C.CCn1c(C(F)(F)F)cc2nc(-c3cc4nc(C(F)(F)F)n(C)c4cc3S(=O)(=O)CC)n(C)c2c1=O. The largest absolute Gasteiger partial charge is 0.449 e. The summed E-state index contributed by atoms with van der Waals surface area (Å²) in [5, 5.41) is 0. The van der Waals surface area contributed by atoms with Crippen molar-refractivity contribution < 1.29 is 61.1 Å². The molecule has 0 spiro atoms. The number of halogens is 12. The molecule has 0 aliphatic rings. The molecule has 2 aromatic carbocycles. The lowest BCUT2D eigenvalue weighted by Crippen LogP contribution is -2.28. The standard InChI is InChI=1S/C21H19F6N5O3S.C21H19F6N5OS/c1-5-32-15(20(22,23)24)8-12-16(18(32)33)31(4)17(28-12)10-7-11-13(9-14(10)36(34,35)6-2)30(3)19(29-11)21(25,26)27;1-5-32-15(20(22,23)24)8-12-16(18(32)33)31(4)17(28-12)10-7-11-13(9-14(10)34-6-2)30(3)19(29-11)21(25,26)27/h7-9H,5-6H2,1-4H3;7-9H,5-6H2,1-4H3. The molecule has 0 aliphatic carbocycles. The van der Waals surface area contributed by atoms with Crippen molar-refractivity contribution in [2.24, 2.45) is 28.2 Å². The van der Waals surface area contributed by atoms with E-state index in [1.807, 2.05) is 6.92 Å². The van der Waals surface area contributed by atoms with Crippen LogP contribution in [0.4, 0.5) is 52.7 Å². The Kier molecular flexibility index (Phi) is 12.9. The average molecular weight is 1040 g/mol. The fourth-order valence-corrected chi connectivity index (χ4v) is 10.1. The van der Waals surface area contributed by atoms with E-state index in [0.717, 1.165) is 34.4 Å². The van der Waals surface area contributed by atoms with E-state index in [4.69, 9.17) is 0 Å². The zero-order valence-electron chi connectivity index (χ0n) is 37.7. The average Bonchev–Trinajstić information content (AvgIpc) is 3.99. The fourth-order valence-electron chi connectivity index (χ4n) is 8.20. The quantitative estimate of drug-likeness (QED) is 0.107. The first kappa shape index (κ1) is 51.5. The van der Waals surface area contributed by atoms with Crippen molar-refractivity contribution in [3.8, 4) is 22.8 Å². The van der Waals surface area contributed by atoms with Crippen LogP contribution in [0.3, 0.4) is 0 Å². The number of benzene rings is 2. The first-order valence-electron chi connectivity index (χ1n) is 20.7. The van der Waals surface area contributed by atoms with Crippen molar-refractivity contribution >= 4 is 65.7 Å². The predicted molar refractivity (Wildman–Crippen MR) is 235 cm³/mol. The maximum Gasteiger partial charge on any atom is 0.449 e. The van der Waals surface area contributed by atoms with Crippen LogP contribution < -0.4 is 11.1 Å². The Hall–Kier alpha value is -6.32. The smallest absolute Gasteiger partial charge is 0.323 e. The first-order valence-corrected chi connectivity index (χ1v) is 23.3. The van der Waals surface area contributed by atoms with Gasteiger partial charge >= 0.3 is 24.7 Å². The number of hydrogen-bond acceptors (Lipinski definition) is 9. The number of nitrogens with zero attached hydrogens (tertiary/aromatic N) is 10. The third-order valence-corrected chi connectivity index (χ3v) is 14.2. The highest BCUT2D eigenvalue weighted by atomic mass is 32.2. The summed E-state index contributed by atoms with van der Waals surface area (Å²) in [4.78, 5) is 41.8. The van der Waals surface area contributed by atoms with Crippen molar-refractivity contribution in [1.82, 2.24) is 47.3 Å². The second kappa shape index (κ2) is 17.5. The summed E-state index contributed by atoms with van der Waals surface area (Å²) in [6.07, 6.45) is -19.1. The number of sulfone groups is 1. The van der Waals surface area contributed by atoms with Gasteiger partial charge in [0.2, 0.25) is 11.6 Å². The molecule has 0 unspecified atom stereocenters. The highest BCUT2D eigenvalue weighted by molar-refractivity contribution is 7.99. The van der Waals surface area contributed by atoms with Gasteiger partial charge in [-0.1, -0.05) is 13.8 Å². The normalized spacial score (nSPS) is 13.1. The molecule has 0 aliphatic heterocycles. The highest BCUT2D eigenvalue weighted by Gasteiger charge is 2.40. The fraction of sp³-hybridized carbons (Fsp3) is 0.381. The van der Waals surface area contributed by atoms with Crippen molar-refractivity contribution in [2.45, 2.75) is 75.3 Å². The van der Waals surface area contributed by atoms with E-state index in [0.29, 0.717) is 36.0 Å². The maximum absolute atomic E-state index is 13.6. The highest BCUT2D eigenvalue weighted by Crippen LogP contribution is 2.40. The van der Waals surface area contributed by atoms with Gasteiger partial charge in [0.05, 0.1) is 43.7 Å². The summed E-state index contributed by atoms with van der Waals surface area (Å²) >= 11 is 1.34. The Morgan fingerprint density at radius 2 is 0.914 bits per heavy atom. The van der Waals surface area contributed by atoms with Gasteiger partial charge in [0.1, 0.15) is 34.1 Å². The Bertz CT molecular complexity index is 3650. The number of aryl methyl sites for hydroxylation is 4. The van der Waals surface area contributed by atoms with E-state index in [9.17, 15) is 70.7 Å². The minimum atomic E-state index is -4.86. The monoisotopic (exact) mass is 1040 g/mol. The molecule has 376 valence electrons. The second-order valence-electron chi connectivity index (χ2n) is 15.6. The summed E-state index contributed by atoms with van der Waals surface area (Å²) in [5.74, 6) is -2.23. The number of aromatic nitrogens is 10. The Balaban J connectivity index is 0.000000207. The molecule has 70 heavy (non-hydrogen) atoms. The van der Waals surface area contributed by atoms with Crippen LogP contribution in [0.1, 0.15) is 50.7 Å². The predicted octanol–water partition coefficient (Wildman–Crippen LogP) is 9.60. The number of fused-ring (bicyclic) bond motifs is 4. The van der Waals surface area contributed by atoms with Gasteiger partial charge in [-0.3, -0.25) is 9.59 Å². The summed E-state index contributed by atoms with van der Waals surface area (Å²) in [6.45, 7) is 5.49. The summed E-state index contributed by atoms with van der Waals surface area (Å²) in [5.41, 5.74) is -4.78. The molecule has 0 amide bonds. The lowest BCUT2D eigenvalue weighted by molar-refractivity contribution is -0.147. The van der Waals surface area contributed by atoms with Gasteiger partial charge < -0.3 is 27.4 Å². The van der Waals surface area contributed by atoms with Crippen LogP contribution in [0.25, 0.3) is 66.9 Å². The molecular formula is C42H38F12N10O4S2. The molecule has 0 bridgehead atoms. The number of hydrogen-bond donors (Lipinski definition) is 0. The van der Waals surface area contributed by atoms with E-state index in [-0.39, 0.29) is 79.3 Å². The number of alkyl halides is 12. The molecule has 0 atom stereocenters. The zero-order chi connectivity index (χ0) is 52.1. The number of rotatable bonds is 8. The van der Waals surface area contributed by atoms with Crippen LogP contribution in [-0.4, -0.2) is 67.3 Å². The van der Waals surface area contributed by atoms with Gasteiger partial charge in [-0.25, -0.2) is 28.4 Å². The maximum atomic E-state index is 13.6. The number of pyridine rings is 2. The van der Waals surface area contributed by atoms with Crippen LogP contribution >= 0.6 is 11.8 Å². The molecule has 0 saturated heterocycles. The van der Waals surface area contributed by atoms with Crippen LogP contribution in [0, 0.1) is 0 Å². The van der Waals surface area contributed by atoms with Crippen LogP contribution in [0.5, 0.6) is 0 Å². The van der Waals surface area contributed by atoms with Gasteiger partial charge in [-0.2, -0.15) is 52.7 Å². The zero-order valence-corrected chi connectivity index (χ0v) is 39.4. The molecular weight excluding hydrogens is 1000 g/mol. The Labute approximate surface area is 391 Å². The van der Waals surface area contributed by atoms with Gasteiger partial charge in [0, 0.05) is 57.3 Å². The van der Waals surface area contributed by atoms with E-state index in [2.05, 4.69) is 19.9 Å². The summed E-state index contributed by atoms with van der Waals surface area (Å²) in [7, 11) is 1.09.